The van der Waals surface area contributed by atoms with Gasteiger partial charge in [0.15, 0.2) is 0 Å². The van der Waals surface area contributed by atoms with Crippen molar-refractivity contribution in [2.45, 2.75) is 6.92 Å². The lowest BCUT2D eigenvalue weighted by Crippen LogP contribution is -2.25. The molecule has 0 fully saturated rings. The van der Waals surface area contributed by atoms with E-state index in [1.807, 2.05) is 6.92 Å². The van der Waals surface area contributed by atoms with E-state index in [1.54, 1.807) is 86.1 Å². The summed E-state index contributed by atoms with van der Waals surface area (Å²) in [6, 6.07) is 20.6. The number of methoxy groups -OCH3 is 1. The molecule has 32 heavy (non-hydrogen) atoms. The molecule has 1 N–H and O–H groups in total. The number of hydrogen-bond donors (Lipinski definition) is 1. The molecule has 0 atom stereocenters. The fourth-order valence-electron chi connectivity index (χ4n) is 3.23. The van der Waals surface area contributed by atoms with Crippen LogP contribution in [0.15, 0.2) is 89.2 Å². The Kier molecular flexibility index (Phi) is 5.85. The minimum absolute atomic E-state index is 0.204. The van der Waals surface area contributed by atoms with Crippen LogP contribution in [0.4, 0.5) is 22.7 Å². The minimum atomic E-state index is -4.62. The molecule has 0 aliphatic rings. The number of hydrogen-bond acceptors (Lipinski definition) is 6. The molecule has 4 rings (SSSR count). The average molecular weight is 449 g/mol. The molecule has 0 aliphatic carbocycles. The first kappa shape index (κ1) is 21.4. The lowest BCUT2D eigenvalue weighted by atomic mass is 10.1. The number of ether oxygens (including phenoxy) is 1. The summed E-state index contributed by atoms with van der Waals surface area (Å²) >= 11 is 0. The van der Waals surface area contributed by atoms with Gasteiger partial charge in [-0.05, 0) is 67.6 Å². The van der Waals surface area contributed by atoms with Crippen molar-refractivity contribution in [3.05, 3.63) is 84.6 Å². The van der Waals surface area contributed by atoms with Gasteiger partial charge in [-0.15, -0.1) is 5.11 Å². The highest BCUT2D eigenvalue weighted by atomic mass is 32.2. The number of pyridine rings is 1. The largest absolute Gasteiger partial charge is 0.497 e. The quantitative estimate of drug-likeness (QED) is 0.292. The monoisotopic (exact) mass is 448 g/mol. The Morgan fingerprint density at radius 2 is 1.66 bits per heavy atom. The zero-order chi connectivity index (χ0) is 22.7. The van der Waals surface area contributed by atoms with Gasteiger partial charge in [0.25, 0.3) is 0 Å². The van der Waals surface area contributed by atoms with E-state index in [4.69, 9.17) is 4.74 Å². The summed E-state index contributed by atoms with van der Waals surface area (Å²) in [6.45, 7) is 1.89. The molecule has 0 amide bonds. The van der Waals surface area contributed by atoms with Crippen LogP contribution in [-0.4, -0.2) is 25.1 Å². The van der Waals surface area contributed by atoms with Crippen molar-refractivity contribution in [2.75, 3.05) is 11.4 Å². The Morgan fingerprint density at radius 3 is 2.31 bits per heavy atom. The van der Waals surface area contributed by atoms with Crippen LogP contribution in [0.1, 0.15) is 5.56 Å². The number of rotatable bonds is 6. The van der Waals surface area contributed by atoms with Crippen LogP contribution in [0, 0.1) is 6.92 Å². The van der Waals surface area contributed by atoms with Crippen molar-refractivity contribution >= 4 is 44.0 Å². The van der Waals surface area contributed by atoms with Crippen LogP contribution in [-0.2, 0) is 10.3 Å². The summed E-state index contributed by atoms with van der Waals surface area (Å²) in [5, 5.41) is 9.16. The average Bonchev–Trinajstić information content (AvgIpc) is 2.79. The first-order valence-corrected chi connectivity index (χ1v) is 11.0. The molecule has 0 saturated carbocycles. The van der Waals surface area contributed by atoms with E-state index in [1.165, 1.54) is 0 Å². The minimum Gasteiger partial charge on any atom is -0.497 e. The number of aryl methyl sites for hydroxylation is 1. The molecule has 0 saturated heterocycles. The molecule has 0 spiro atoms. The van der Waals surface area contributed by atoms with Gasteiger partial charge in [-0.2, -0.15) is 13.5 Å². The van der Waals surface area contributed by atoms with Gasteiger partial charge in [0.2, 0.25) is 0 Å². The molecular formula is C23H20N4O4S. The highest BCUT2D eigenvalue weighted by Crippen LogP contribution is 2.38. The molecule has 0 bridgehead atoms. The topological polar surface area (TPSA) is 104 Å². The van der Waals surface area contributed by atoms with Crippen LogP contribution < -0.4 is 9.04 Å². The van der Waals surface area contributed by atoms with Gasteiger partial charge in [0.05, 0.1) is 35.4 Å². The van der Waals surface area contributed by atoms with Crippen LogP contribution in [0.3, 0.4) is 0 Å². The van der Waals surface area contributed by atoms with E-state index in [2.05, 4.69) is 15.2 Å². The highest BCUT2D eigenvalue weighted by molar-refractivity contribution is 7.87. The molecule has 4 aromatic rings. The fraction of sp³-hybridized carbons (Fsp3) is 0.0870. The van der Waals surface area contributed by atoms with Gasteiger partial charge in [-0.1, -0.05) is 17.7 Å². The summed E-state index contributed by atoms with van der Waals surface area (Å²) in [5.41, 5.74) is 2.95. The molecule has 0 aliphatic heterocycles. The lowest BCUT2D eigenvalue weighted by Gasteiger charge is -2.22. The standard InChI is InChI=1S/C23H20N4O4S/c1-16-5-9-18(10-6-16)27(32(28,29)30)22-14-13-21(20-4-3-15-24-23(20)22)26-25-17-7-11-19(31-2)12-8-17/h3-15H,1-2H3,(H,28,29,30). The third-order valence-corrected chi connectivity index (χ3v) is 5.66. The normalized spacial score (nSPS) is 11.7. The summed E-state index contributed by atoms with van der Waals surface area (Å²) in [5.74, 6) is 0.712. The second kappa shape index (κ2) is 8.74. The van der Waals surface area contributed by atoms with Crippen LogP contribution in [0.25, 0.3) is 10.9 Å². The van der Waals surface area contributed by atoms with E-state index < -0.39 is 10.3 Å². The predicted octanol–water partition coefficient (Wildman–Crippen LogP) is 5.91. The van der Waals surface area contributed by atoms with Crippen molar-refractivity contribution in [2.24, 2.45) is 10.2 Å². The fourth-order valence-corrected chi connectivity index (χ4v) is 4.02. The SMILES string of the molecule is COc1ccc(N=Nc2ccc(N(c3ccc(C)cc3)S(=O)(=O)O)c3ncccc23)cc1. The van der Waals surface area contributed by atoms with Crippen molar-refractivity contribution in [3.8, 4) is 5.75 Å². The van der Waals surface area contributed by atoms with E-state index >= 15 is 0 Å². The maximum atomic E-state index is 12.3. The number of anilines is 2. The number of fused-ring (bicyclic) bond motifs is 1. The first-order valence-electron chi connectivity index (χ1n) is 9.65. The zero-order valence-electron chi connectivity index (χ0n) is 17.4. The van der Waals surface area contributed by atoms with Gasteiger partial charge in [0, 0.05) is 11.6 Å². The maximum absolute atomic E-state index is 12.3. The Bertz CT molecular complexity index is 1390. The third kappa shape index (κ3) is 4.43. The number of benzene rings is 3. The number of aromatic nitrogens is 1. The van der Waals surface area contributed by atoms with E-state index in [0.717, 1.165) is 9.87 Å². The Hall–Kier alpha value is -3.82. The van der Waals surface area contributed by atoms with Crippen molar-refractivity contribution in [1.82, 2.24) is 4.98 Å². The smallest absolute Gasteiger partial charge is 0.364 e. The molecule has 9 heteroatoms. The molecule has 8 nitrogen and oxygen atoms in total. The van der Waals surface area contributed by atoms with E-state index in [9.17, 15) is 13.0 Å². The Balaban J connectivity index is 1.82. The van der Waals surface area contributed by atoms with Crippen LogP contribution in [0.2, 0.25) is 0 Å². The Labute approximate surface area is 185 Å². The zero-order valence-corrected chi connectivity index (χ0v) is 18.2. The van der Waals surface area contributed by atoms with Crippen LogP contribution >= 0.6 is 0 Å². The van der Waals surface area contributed by atoms with Gasteiger partial charge in [0.1, 0.15) is 5.75 Å². The second-order valence-electron chi connectivity index (χ2n) is 6.98. The van der Waals surface area contributed by atoms with Crippen molar-refractivity contribution < 1.29 is 17.7 Å². The van der Waals surface area contributed by atoms with Gasteiger partial charge >= 0.3 is 10.3 Å². The molecule has 0 unspecified atom stereocenters. The maximum Gasteiger partial charge on any atom is 0.364 e. The first-order chi connectivity index (χ1) is 15.4. The lowest BCUT2D eigenvalue weighted by molar-refractivity contribution is 0.415. The van der Waals surface area contributed by atoms with Gasteiger partial charge < -0.3 is 4.74 Å². The van der Waals surface area contributed by atoms with Gasteiger partial charge in [-0.25, -0.2) is 4.31 Å². The summed E-state index contributed by atoms with van der Waals surface area (Å²) in [4.78, 5) is 4.36. The van der Waals surface area contributed by atoms with Crippen LogP contribution in [0.5, 0.6) is 5.75 Å². The third-order valence-electron chi connectivity index (χ3n) is 4.79. The summed E-state index contributed by atoms with van der Waals surface area (Å²) in [6.07, 6.45) is 1.55. The van der Waals surface area contributed by atoms with Gasteiger partial charge in [-0.3, -0.25) is 9.54 Å². The Morgan fingerprint density at radius 1 is 0.938 bits per heavy atom. The predicted molar refractivity (Wildman–Crippen MR) is 124 cm³/mol. The summed E-state index contributed by atoms with van der Waals surface area (Å²) in [7, 11) is -3.04. The molecular weight excluding hydrogens is 428 g/mol. The molecule has 3 aromatic carbocycles. The van der Waals surface area contributed by atoms with E-state index in [-0.39, 0.29) is 11.4 Å². The molecule has 162 valence electrons. The summed E-state index contributed by atoms with van der Waals surface area (Å²) < 4.78 is 40.6. The second-order valence-corrected chi connectivity index (χ2v) is 8.24. The number of nitrogens with zero attached hydrogens (tertiary/aromatic N) is 4. The number of azo groups is 1. The van der Waals surface area contributed by atoms with Crippen molar-refractivity contribution in [1.29, 1.82) is 0 Å². The highest BCUT2D eigenvalue weighted by Gasteiger charge is 2.25. The molecule has 0 radical (unpaired) electrons. The van der Waals surface area contributed by atoms with Crippen molar-refractivity contribution in [3.63, 3.8) is 0 Å². The van der Waals surface area contributed by atoms with E-state index in [0.29, 0.717) is 28.0 Å². The molecule has 1 aromatic heterocycles. The molecule has 1 heterocycles.